The van der Waals surface area contributed by atoms with Crippen LogP contribution in [0.4, 0.5) is 0 Å². The van der Waals surface area contributed by atoms with E-state index in [-0.39, 0.29) is 12.2 Å². The summed E-state index contributed by atoms with van der Waals surface area (Å²) in [6, 6.07) is 3.09. The lowest BCUT2D eigenvalue weighted by molar-refractivity contribution is -0.124. The molecule has 0 unspecified atom stereocenters. The highest BCUT2D eigenvalue weighted by molar-refractivity contribution is 5.92. The number of ether oxygens (including phenoxy) is 3. The van der Waals surface area contributed by atoms with Gasteiger partial charge < -0.3 is 19.5 Å². The number of rotatable bonds is 7. The quantitative estimate of drug-likeness (QED) is 0.609. The number of esters is 1. The Bertz CT molecular complexity index is 514. The molecule has 0 heterocycles. The molecule has 1 aromatic rings. The molecule has 0 atom stereocenters. The number of hydrogen-bond acceptors (Lipinski definition) is 5. The fraction of sp³-hybridized carbons (Fsp3) is 0.333. The van der Waals surface area contributed by atoms with Crippen molar-refractivity contribution in [1.29, 1.82) is 0 Å². The standard InChI is InChI=1S/C15H19NO5/c1-5-6-16-14(17)9-21-15(18)11-7-12(19-3)10(2)13(8-11)20-4/h5,7-8H,1,6,9H2,2-4H3,(H,16,17). The third-order valence-corrected chi connectivity index (χ3v) is 2.77. The van der Waals surface area contributed by atoms with E-state index in [2.05, 4.69) is 11.9 Å². The summed E-state index contributed by atoms with van der Waals surface area (Å²) in [7, 11) is 3.00. The Morgan fingerprint density at radius 1 is 1.24 bits per heavy atom. The summed E-state index contributed by atoms with van der Waals surface area (Å²) in [5.41, 5.74) is 1.03. The van der Waals surface area contributed by atoms with Gasteiger partial charge in [0.15, 0.2) is 6.61 Å². The molecule has 0 spiro atoms. The number of hydrogen-bond donors (Lipinski definition) is 1. The number of amides is 1. The molecule has 0 fully saturated rings. The van der Waals surface area contributed by atoms with Crippen LogP contribution in [0.2, 0.25) is 0 Å². The van der Waals surface area contributed by atoms with Crippen molar-refractivity contribution >= 4 is 11.9 Å². The second kappa shape index (κ2) is 7.94. The van der Waals surface area contributed by atoms with Gasteiger partial charge in [0.05, 0.1) is 19.8 Å². The molecule has 0 bridgehead atoms. The van der Waals surface area contributed by atoms with E-state index < -0.39 is 11.9 Å². The second-order valence-electron chi connectivity index (χ2n) is 4.17. The van der Waals surface area contributed by atoms with Gasteiger partial charge in [0.1, 0.15) is 11.5 Å². The van der Waals surface area contributed by atoms with E-state index in [1.54, 1.807) is 12.1 Å². The number of carbonyl (C=O) groups is 2. The maximum atomic E-state index is 11.9. The highest BCUT2D eigenvalue weighted by atomic mass is 16.5. The zero-order valence-corrected chi connectivity index (χ0v) is 12.4. The van der Waals surface area contributed by atoms with Gasteiger partial charge in [-0.1, -0.05) is 6.08 Å². The van der Waals surface area contributed by atoms with E-state index >= 15 is 0 Å². The Balaban J connectivity index is 2.78. The van der Waals surface area contributed by atoms with E-state index in [9.17, 15) is 9.59 Å². The molecular formula is C15H19NO5. The van der Waals surface area contributed by atoms with Crippen molar-refractivity contribution in [1.82, 2.24) is 5.32 Å². The molecule has 1 amide bonds. The average molecular weight is 293 g/mol. The first kappa shape index (κ1) is 16.6. The first-order valence-corrected chi connectivity index (χ1v) is 6.30. The third kappa shape index (κ3) is 4.52. The van der Waals surface area contributed by atoms with E-state index in [0.717, 1.165) is 5.56 Å². The van der Waals surface area contributed by atoms with Gasteiger partial charge in [0, 0.05) is 12.1 Å². The third-order valence-electron chi connectivity index (χ3n) is 2.77. The molecule has 0 saturated heterocycles. The Kier molecular flexibility index (Phi) is 6.26. The fourth-order valence-corrected chi connectivity index (χ4v) is 1.66. The van der Waals surface area contributed by atoms with Gasteiger partial charge in [0.2, 0.25) is 0 Å². The maximum absolute atomic E-state index is 11.9. The van der Waals surface area contributed by atoms with Crippen LogP contribution in [0, 0.1) is 6.92 Å². The number of benzene rings is 1. The van der Waals surface area contributed by atoms with E-state index in [0.29, 0.717) is 18.0 Å². The van der Waals surface area contributed by atoms with Gasteiger partial charge in [-0.15, -0.1) is 6.58 Å². The smallest absolute Gasteiger partial charge is 0.338 e. The minimum absolute atomic E-state index is 0.255. The molecule has 1 aromatic carbocycles. The van der Waals surface area contributed by atoms with Gasteiger partial charge in [-0.3, -0.25) is 4.79 Å². The first-order valence-electron chi connectivity index (χ1n) is 6.30. The molecule has 1 N–H and O–H groups in total. The predicted molar refractivity (Wildman–Crippen MR) is 77.8 cm³/mol. The molecule has 0 aliphatic rings. The molecule has 0 aromatic heterocycles. The molecule has 1 rings (SSSR count). The van der Waals surface area contributed by atoms with Gasteiger partial charge in [-0.25, -0.2) is 4.79 Å². The van der Waals surface area contributed by atoms with E-state index in [1.165, 1.54) is 20.3 Å². The van der Waals surface area contributed by atoms with Crippen LogP contribution in [0.3, 0.4) is 0 Å². The zero-order valence-electron chi connectivity index (χ0n) is 12.4. The summed E-state index contributed by atoms with van der Waals surface area (Å²) < 4.78 is 15.3. The zero-order chi connectivity index (χ0) is 15.8. The molecule has 0 aliphatic heterocycles. The lowest BCUT2D eigenvalue weighted by Crippen LogP contribution is -2.28. The van der Waals surface area contributed by atoms with Crippen molar-refractivity contribution in [3.05, 3.63) is 35.9 Å². The maximum Gasteiger partial charge on any atom is 0.338 e. The summed E-state index contributed by atoms with van der Waals surface area (Å²) in [6.45, 7) is 5.25. The van der Waals surface area contributed by atoms with E-state index in [4.69, 9.17) is 14.2 Å². The fourth-order valence-electron chi connectivity index (χ4n) is 1.66. The van der Waals surface area contributed by atoms with Crippen molar-refractivity contribution in [2.45, 2.75) is 6.92 Å². The summed E-state index contributed by atoms with van der Waals surface area (Å²) in [4.78, 5) is 23.3. The van der Waals surface area contributed by atoms with Crippen LogP contribution in [0.1, 0.15) is 15.9 Å². The van der Waals surface area contributed by atoms with Crippen LogP contribution in [0.5, 0.6) is 11.5 Å². The summed E-state index contributed by atoms with van der Waals surface area (Å²) in [5, 5.41) is 2.51. The van der Waals surface area contributed by atoms with Crippen LogP contribution < -0.4 is 14.8 Å². The van der Waals surface area contributed by atoms with Crippen molar-refractivity contribution in [3.63, 3.8) is 0 Å². The van der Waals surface area contributed by atoms with Crippen LogP contribution in [-0.4, -0.2) is 39.2 Å². The predicted octanol–water partition coefficient (Wildman–Crippen LogP) is 1.47. The van der Waals surface area contributed by atoms with Crippen molar-refractivity contribution < 1.29 is 23.8 Å². The number of carbonyl (C=O) groups excluding carboxylic acids is 2. The van der Waals surface area contributed by atoms with Gasteiger partial charge in [0.25, 0.3) is 5.91 Å². The molecule has 114 valence electrons. The minimum atomic E-state index is -0.625. The molecule has 6 nitrogen and oxygen atoms in total. The SMILES string of the molecule is C=CCNC(=O)COC(=O)c1cc(OC)c(C)c(OC)c1. The van der Waals surface area contributed by atoms with Crippen molar-refractivity contribution in [2.75, 3.05) is 27.4 Å². The van der Waals surface area contributed by atoms with Crippen LogP contribution in [0.25, 0.3) is 0 Å². The molecule has 21 heavy (non-hydrogen) atoms. The second-order valence-corrected chi connectivity index (χ2v) is 4.17. The Labute approximate surface area is 123 Å². The highest BCUT2D eigenvalue weighted by Crippen LogP contribution is 2.29. The van der Waals surface area contributed by atoms with Crippen LogP contribution in [0.15, 0.2) is 24.8 Å². The largest absolute Gasteiger partial charge is 0.496 e. The number of methoxy groups -OCH3 is 2. The summed E-state index contributed by atoms with van der Waals surface area (Å²) in [5.74, 6) is 0.00413. The lowest BCUT2D eigenvalue weighted by atomic mass is 10.1. The highest BCUT2D eigenvalue weighted by Gasteiger charge is 2.15. The summed E-state index contributed by atoms with van der Waals surface area (Å²) in [6.07, 6.45) is 1.54. The average Bonchev–Trinajstić information content (AvgIpc) is 2.50. The number of nitrogens with one attached hydrogen (secondary N) is 1. The normalized spacial score (nSPS) is 9.67. The Hall–Kier alpha value is -2.50. The molecule has 6 heteroatoms. The Morgan fingerprint density at radius 3 is 2.29 bits per heavy atom. The lowest BCUT2D eigenvalue weighted by Gasteiger charge is -2.12. The topological polar surface area (TPSA) is 73.9 Å². The molecule has 0 saturated carbocycles. The molecule has 0 radical (unpaired) electrons. The van der Waals surface area contributed by atoms with Gasteiger partial charge in [-0.05, 0) is 19.1 Å². The van der Waals surface area contributed by atoms with Crippen LogP contribution in [-0.2, 0) is 9.53 Å². The molecule has 0 aliphatic carbocycles. The molecular weight excluding hydrogens is 274 g/mol. The van der Waals surface area contributed by atoms with Gasteiger partial charge >= 0.3 is 5.97 Å². The summed E-state index contributed by atoms with van der Waals surface area (Å²) >= 11 is 0. The Morgan fingerprint density at radius 2 is 1.81 bits per heavy atom. The van der Waals surface area contributed by atoms with Crippen LogP contribution >= 0.6 is 0 Å². The van der Waals surface area contributed by atoms with Gasteiger partial charge in [-0.2, -0.15) is 0 Å². The van der Waals surface area contributed by atoms with Crippen molar-refractivity contribution in [3.8, 4) is 11.5 Å². The van der Waals surface area contributed by atoms with E-state index in [1.807, 2.05) is 6.92 Å². The first-order chi connectivity index (χ1) is 10.0. The monoisotopic (exact) mass is 293 g/mol. The van der Waals surface area contributed by atoms with Crippen molar-refractivity contribution in [2.24, 2.45) is 0 Å². The minimum Gasteiger partial charge on any atom is -0.496 e.